The Labute approximate surface area is 179 Å². The van der Waals surface area contributed by atoms with Crippen molar-refractivity contribution in [1.29, 1.82) is 0 Å². The Morgan fingerprint density at radius 1 is 1.00 bits per heavy atom. The van der Waals surface area contributed by atoms with Gasteiger partial charge < -0.3 is 16.0 Å². The van der Waals surface area contributed by atoms with Crippen molar-refractivity contribution < 1.29 is 9.59 Å². The van der Waals surface area contributed by atoms with Gasteiger partial charge in [-0.1, -0.05) is 42.0 Å². The summed E-state index contributed by atoms with van der Waals surface area (Å²) in [6.07, 6.45) is 8.14. The lowest BCUT2D eigenvalue weighted by atomic mass is 9.97. The second-order valence-electron chi connectivity index (χ2n) is 7.74. The predicted octanol–water partition coefficient (Wildman–Crippen LogP) is 4.60. The van der Waals surface area contributed by atoms with E-state index in [0.717, 1.165) is 24.1 Å². The van der Waals surface area contributed by atoms with Gasteiger partial charge in [-0.25, -0.2) is 0 Å². The molecular formula is C25H31N3O2. The Balaban J connectivity index is 1.40. The number of carbonyl (C=O) groups is 2. The fourth-order valence-electron chi connectivity index (χ4n) is 3.58. The van der Waals surface area contributed by atoms with E-state index in [4.69, 9.17) is 0 Å². The molecule has 0 aromatic heterocycles. The third-order valence-electron chi connectivity index (χ3n) is 5.40. The summed E-state index contributed by atoms with van der Waals surface area (Å²) in [5.74, 6) is -0.141. The molecule has 3 N–H and O–H groups in total. The molecule has 0 aliphatic heterocycles. The molecule has 1 aliphatic carbocycles. The minimum Gasteiger partial charge on any atom is -0.376 e. The number of nitrogens with one attached hydrogen (secondary N) is 3. The van der Waals surface area contributed by atoms with Crippen molar-refractivity contribution in [2.75, 3.05) is 18.4 Å². The molecule has 0 heterocycles. The van der Waals surface area contributed by atoms with Crippen LogP contribution in [-0.4, -0.2) is 24.9 Å². The van der Waals surface area contributed by atoms with Gasteiger partial charge in [-0.15, -0.1) is 0 Å². The number of carbonyl (C=O) groups excluding carboxylic acids is 2. The third kappa shape index (κ3) is 6.76. The van der Waals surface area contributed by atoms with Gasteiger partial charge in [-0.3, -0.25) is 9.59 Å². The van der Waals surface area contributed by atoms with Gasteiger partial charge in [0.1, 0.15) is 0 Å². The summed E-state index contributed by atoms with van der Waals surface area (Å²) in [6.45, 7) is 2.87. The predicted molar refractivity (Wildman–Crippen MR) is 121 cm³/mol. The molecule has 5 heteroatoms. The van der Waals surface area contributed by atoms with E-state index in [0.29, 0.717) is 12.1 Å². The molecule has 1 unspecified atom stereocenters. The van der Waals surface area contributed by atoms with Crippen LogP contribution in [-0.2, 0) is 4.79 Å². The number of amides is 2. The van der Waals surface area contributed by atoms with Crippen LogP contribution in [0.4, 0.5) is 5.69 Å². The highest BCUT2D eigenvalue weighted by atomic mass is 16.2. The van der Waals surface area contributed by atoms with E-state index in [2.05, 4.69) is 22.0 Å². The average Bonchev–Trinajstić information content (AvgIpc) is 2.79. The summed E-state index contributed by atoms with van der Waals surface area (Å²) in [5, 5.41) is 9.07. The van der Waals surface area contributed by atoms with Gasteiger partial charge in [0.05, 0.1) is 12.6 Å². The number of allylic oxidation sites excluding steroid dienone is 1. The second kappa shape index (κ2) is 11.2. The zero-order valence-electron chi connectivity index (χ0n) is 17.6. The Hall–Kier alpha value is -3.08. The summed E-state index contributed by atoms with van der Waals surface area (Å²) >= 11 is 0. The van der Waals surface area contributed by atoms with E-state index in [-0.39, 0.29) is 24.4 Å². The van der Waals surface area contributed by atoms with E-state index in [1.165, 1.54) is 24.8 Å². The largest absolute Gasteiger partial charge is 0.376 e. The van der Waals surface area contributed by atoms with Crippen molar-refractivity contribution in [2.45, 2.75) is 45.1 Å². The molecule has 0 spiro atoms. The first kappa shape index (κ1) is 21.6. The molecule has 2 amide bonds. The standard InChI is InChI=1S/C25H31N3O2/c1-19(21-10-6-3-7-11-21)28-25(30)22-12-14-23(15-13-22)27-18-24(29)26-17-16-20-8-4-2-5-9-20/h3,6-8,10-15,19,27H,2,4-5,9,16-18H2,1H3,(H,26,29)(H,28,30). The molecule has 0 saturated heterocycles. The molecule has 158 valence electrons. The Kier molecular flexibility index (Phi) is 8.07. The quantitative estimate of drug-likeness (QED) is 0.534. The average molecular weight is 406 g/mol. The molecule has 1 aliphatic rings. The fraction of sp³-hybridized carbons (Fsp3) is 0.360. The summed E-state index contributed by atoms with van der Waals surface area (Å²) in [5.41, 5.74) is 3.93. The van der Waals surface area contributed by atoms with Crippen molar-refractivity contribution in [3.05, 3.63) is 77.4 Å². The van der Waals surface area contributed by atoms with E-state index >= 15 is 0 Å². The third-order valence-corrected chi connectivity index (χ3v) is 5.40. The molecule has 3 rings (SSSR count). The summed E-state index contributed by atoms with van der Waals surface area (Å²) in [6, 6.07) is 17.0. The first-order valence-electron chi connectivity index (χ1n) is 10.8. The van der Waals surface area contributed by atoms with Crippen LogP contribution < -0.4 is 16.0 Å². The zero-order chi connectivity index (χ0) is 21.2. The van der Waals surface area contributed by atoms with Gasteiger partial charge in [0.2, 0.25) is 5.91 Å². The van der Waals surface area contributed by atoms with Gasteiger partial charge in [0.25, 0.3) is 5.91 Å². The van der Waals surface area contributed by atoms with Crippen molar-refractivity contribution in [3.63, 3.8) is 0 Å². The minimum absolute atomic E-state index is 0.0232. The second-order valence-corrected chi connectivity index (χ2v) is 7.74. The lowest BCUT2D eigenvalue weighted by molar-refractivity contribution is -0.119. The molecule has 0 saturated carbocycles. The van der Waals surface area contributed by atoms with Gasteiger partial charge in [-0.2, -0.15) is 0 Å². The van der Waals surface area contributed by atoms with Crippen LogP contribution in [0.3, 0.4) is 0 Å². The molecule has 1 atom stereocenters. The van der Waals surface area contributed by atoms with Gasteiger partial charge in [0, 0.05) is 17.8 Å². The number of benzene rings is 2. The monoisotopic (exact) mass is 405 g/mol. The van der Waals surface area contributed by atoms with Crippen molar-refractivity contribution in [2.24, 2.45) is 0 Å². The van der Waals surface area contributed by atoms with Gasteiger partial charge in [-0.05, 0) is 68.9 Å². The highest BCUT2D eigenvalue weighted by Crippen LogP contribution is 2.19. The zero-order valence-corrected chi connectivity index (χ0v) is 17.6. The molecule has 0 bridgehead atoms. The molecule has 2 aromatic carbocycles. The normalized spacial score (nSPS) is 14.4. The van der Waals surface area contributed by atoms with Gasteiger partial charge in [0.15, 0.2) is 0 Å². The van der Waals surface area contributed by atoms with Crippen LogP contribution in [0.1, 0.15) is 61.0 Å². The number of hydrogen-bond acceptors (Lipinski definition) is 3. The maximum absolute atomic E-state index is 12.5. The summed E-state index contributed by atoms with van der Waals surface area (Å²) in [4.78, 5) is 24.5. The van der Waals surface area contributed by atoms with E-state index in [1.807, 2.05) is 49.4 Å². The smallest absolute Gasteiger partial charge is 0.251 e. The lowest BCUT2D eigenvalue weighted by Gasteiger charge is -2.15. The van der Waals surface area contributed by atoms with Crippen LogP contribution in [0.5, 0.6) is 0 Å². The fourth-order valence-corrected chi connectivity index (χ4v) is 3.58. The first-order valence-corrected chi connectivity index (χ1v) is 10.8. The SMILES string of the molecule is CC(NC(=O)c1ccc(NCC(=O)NCCC2=CCCCC2)cc1)c1ccccc1. The maximum Gasteiger partial charge on any atom is 0.251 e. The van der Waals surface area contributed by atoms with E-state index in [9.17, 15) is 9.59 Å². The number of anilines is 1. The molecule has 30 heavy (non-hydrogen) atoms. The van der Waals surface area contributed by atoms with Crippen molar-refractivity contribution in [1.82, 2.24) is 10.6 Å². The van der Waals surface area contributed by atoms with E-state index in [1.54, 1.807) is 12.1 Å². The van der Waals surface area contributed by atoms with Crippen LogP contribution in [0.2, 0.25) is 0 Å². The lowest BCUT2D eigenvalue weighted by Crippen LogP contribution is -2.30. The van der Waals surface area contributed by atoms with Crippen LogP contribution in [0.25, 0.3) is 0 Å². The van der Waals surface area contributed by atoms with E-state index < -0.39 is 0 Å². The summed E-state index contributed by atoms with van der Waals surface area (Å²) in [7, 11) is 0. The minimum atomic E-state index is -0.118. The molecular weight excluding hydrogens is 374 g/mol. The highest BCUT2D eigenvalue weighted by molar-refractivity contribution is 5.94. The van der Waals surface area contributed by atoms with Crippen molar-refractivity contribution in [3.8, 4) is 0 Å². The van der Waals surface area contributed by atoms with Crippen LogP contribution in [0, 0.1) is 0 Å². The topological polar surface area (TPSA) is 70.2 Å². The van der Waals surface area contributed by atoms with Crippen LogP contribution >= 0.6 is 0 Å². The maximum atomic E-state index is 12.5. The highest BCUT2D eigenvalue weighted by Gasteiger charge is 2.11. The summed E-state index contributed by atoms with van der Waals surface area (Å²) < 4.78 is 0. The van der Waals surface area contributed by atoms with Crippen LogP contribution in [0.15, 0.2) is 66.2 Å². The van der Waals surface area contributed by atoms with Crippen molar-refractivity contribution >= 4 is 17.5 Å². The molecule has 0 radical (unpaired) electrons. The Morgan fingerprint density at radius 2 is 1.77 bits per heavy atom. The Morgan fingerprint density at radius 3 is 2.47 bits per heavy atom. The molecule has 0 fully saturated rings. The molecule has 2 aromatic rings. The number of hydrogen-bond donors (Lipinski definition) is 3. The Bertz CT molecular complexity index is 860. The first-order chi connectivity index (χ1) is 14.6. The molecule has 5 nitrogen and oxygen atoms in total. The number of rotatable bonds is 9. The van der Waals surface area contributed by atoms with Gasteiger partial charge >= 0.3 is 0 Å².